The van der Waals surface area contributed by atoms with Gasteiger partial charge in [0.15, 0.2) is 0 Å². The van der Waals surface area contributed by atoms with Crippen molar-refractivity contribution >= 4 is 42.1 Å². The quantitative estimate of drug-likeness (QED) is 0.798. The highest BCUT2D eigenvalue weighted by atomic mass is 35.5. The van der Waals surface area contributed by atoms with Gasteiger partial charge in [0.25, 0.3) is 5.92 Å². The molecule has 0 bridgehead atoms. The van der Waals surface area contributed by atoms with Gasteiger partial charge in [-0.1, -0.05) is 0 Å². The van der Waals surface area contributed by atoms with E-state index < -0.39 is 24.9 Å². The minimum Gasteiger partial charge on any atom is -0.441 e. The van der Waals surface area contributed by atoms with Gasteiger partial charge in [-0.3, -0.25) is 4.79 Å². The van der Waals surface area contributed by atoms with Crippen LogP contribution in [0.1, 0.15) is 11.5 Å². The smallest absolute Gasteiger partial charge is 0.277 e. The largest absolute Gasteiger partial charge is 0.441 e. The number of amides is 1. The van der Waals surface area contributed by atoms with Crippen LogP contribution in [0.15, 0.2) is 21.2 Å². The van der Waals surface area contributed by atoms with Crippen molar-refractivity contribution in [1.82, 2.24) is 10.3 Å². The standard InChI is InChI=1S/C13H15F2N3O2S.2ClH/c1-8-10(4-11(19)17-7-13(14,15)6-16)18-12(20-8)9-2-3-21-5-9;;/h2-3,5H,4,6-7,16H2,1H3,(H,17,19);2*1H. The highest BCUT2D eigenvalue weighted by Crippen LogP contribution is 2.24. The molecule has 2 rings (SSSR count). The number of carbonyl (C=O) groups is 1. The Balaban J connectivity index is 0.00000242. The number of alkyl halides is 2. The number of hydrogen-bond acceptors (Lipinski definition) is 5. The highest BCUT2D eigenvalue weighted by Gasteiger charge is 2.27. The highest BCUT2D eigenvalue weighted by molar-refractivity contribution is 7.08. The molecule has 10 heteroatoms. The molecule has 2 heterocycles. The van der Waals surface area contributed by atoms with Crippen LogP contribution in [0.4, 0.5) is 8.78 Å². The molecule has 2 aromatic rings. The van der Waals surface area contributed by atoms with E-state index in [1.165, 1.54) is 11.3 Å². The Morgan fingerprint density at radius 2 is 2.17 bits per heavy atom. The Hall–Kier alpha value is -1.22. The van der Waals surface area contributed by atoms with Crippen LogP contribution >= 0.6 is 36.2 Å². The van der Waals surface area contributed by atoms with Gasteiger partial charge in [-0.25, -0.2) is 13.8 Å². The summed E-state index contributed by atoms with van der Waals surface area (Å²) in [5, 5.41) is 5.90. The van der Waals surface area contributed by atoms with Crippen molar-refractivity contribution in [2.75, 3.05) is 13.1 Å². The molecule has 130 valence electrons. The first-order valence-electron chi connectivity index (χ1n) is 6.25. The number of hydrogen-bond donors (Lipinski definition) is 2. The van der Waals surface area contributed by atoms with E-state index in [1.807, 2.05) is 16.8 Å². The molecule has 3 N–H and O–H groups in total. The second kappa shape index (κ2) is 9.17. The summed E-state index contributed by atoms with van der Waals surface area (Å²) in [6.07, 6.45) is -0.111. The number of nitrogens with one attached hydrogen (secondary N) is 1. The summed E-state index contributed by atoms with van der Waals surface area (Å²) in [6.45, 7) is 0.0924. The summed E-state index contributed by atoms with van der Waals surface area (Å²) in [5.74, 6) is -2.73. The molecule has 2 aromatic heterocycles. The van der Waals surface area contributed by atoms with Gasteiger partial charge < -0.3 is 15.5 Å². The maximum absolute atomic E-state index is 12.9. The van der Waals surface area contributed by atoms with Crippen LogP contribution in [-0.4, -0.2) is 29.9 Å². The minimum absolute atomic E-state index is 0. The topological polar surface area (TPSA) is 81.2 Å². The molecule has 0 aliphatic rings. The van der Waals surface area contributed by atoms with E-state index in [0.717, 1.165) is 5.56 Å². The minimum atomic E-state index is -3.10. The number of oxazole rings is 1. The predicted octanol–water partition coefficient (Wildman–Crippen LogP) is 2.81. The zero-order valence-corrected chi connectivity index (χ0v) is 14.6. The zero-order chi connectivity index (χ0) is 15.5. The molecule has 5 nitrogen and oxygen atoms in total. The van der Waals surface area contributed by atoms with Crippen LogP contribution in [0.25, 0.3) is 11.5 Å². The lowest BCUT2D eigenvalue weighted by atomic mass is 10.2. The number of nitrogens with two attached hydrogens (primary N) is 1. The fraction of sp³-hybridized carbons (Fsp3) is 0.385. The van der Waals surface area contributed by atoms with Crippen LogP contribution in [-0.2, 0) is 11.2 Å². The average Bonchev–Trinajstić information content (AvgIpc) is 3.07. The lowest BCUT2D eigenvalue weighted by Gasteiger charge is -2.14. The SMILES string of the molecule is Cc1oc(-c2ccsc2)nc1CC(=O)NCC(F)(F)CN.Cl.Cl. The Labute approximate surface area is 148 Å². The maximum Gasteiger partial charge on any atom is 0.277 e. The lowest BCUT2D eigenvalue weighted by molar-refractivity contribution is -0.122. The molecule has 0 aliphatic heterocycles. The molecule has 0 unspecified atom stereocenters. The van der Waals surface area contributed by atoms with Crippen molar-refractivity contribution in [2.45, 2.75) is 19.3 Å². The monoisotopic (exact) mass is 387 g/mol. The van der Waals surface area contributed by atoms with E-state index in [0.29, 0.717) is 17.3 Å². The molecule has 0 spiro atoms. The second-order valence-electron chi connectivity index (χ2n) is 4.55. The van der Waals surface area contributed by atoms with E-state index in [9.17, 15) is 13.6 Å². The van der Waals surface area contributed by atoms with E-state index in [1.54, 1.807) is 6.92 Å². The molecule has 0 aliphatic carbocycles. The summed E-state index contributed by atoms with van der Waals surface area (Å²) < 4.78 is 31.4. The Morgan fingerprint density at radius 3 is 2.74 bits per heavy atom. The summed E-state index contributed by atoms with van der Waals surface area (Å²) in [5.41, 5.74) is 6.16. The van der Waals surface area contributed by atoms with Gasteiger partial charge in [0, 0.05) is 10.9 Å². The first-order valence-corrected chi connectivity index (χ1v) is 7.19. The normalized spacial score (nSPS) is 10.6. The van der Waals surface area contributed by atoms with Gasteiger partial charge in [0.05, 0.1) is 25.2 Å². The number of aryl methyl sites for hydroxylation is 1. The predicted molar refractivity (Wildman–Crippen MR) is 89.8 cm³/mol. The van der Waals surface area contributed by atoms with Crippen LogP contribution < -0.4 is 11.1 Å². The molecular weight excluding hydrogens is 371 g/mol. The Bertz CT molecular complexity index is 621. The molecule has 0 saturated heterocycles. The summed E-state index contributed by atoms with van der Waals surface area (Å²) in [4.78, 5) is 15.9. The maximum atomic E-state index is 12.9. The number of aromatic nitrogens is 1. The van der Waals surface area contributed by atoms with Crippen molar-refractivity contribution in [3.05, 3.63) is 28.3 Å². The van der Waals surface area contributed by atoms with Crippen LogP contribution in [0.2, 0.25) is 0 Å². The number of carbonyl (C=O) groups excluding carboxylic acids is 1. The molecule has 23 heavy (non-hydrogen) atoms. The zero-order valence-electron chi connectivity index (χ0n) is 12.2. The third kappa shape index (κ3) is 6.06. The molecule has 1 amide bonds. The second-order valence-corrected chi connectivity index (χ2v) is 5.33. The van der Waals surface area contributed by atoms with Gasteiger partial charge in [-0.2, -0.15) is 11.3 Å². The van der Waals surface area contributed by atoms with Crippen molar-refractivity contribution < 1.29 is 18.0 Å². The molecule has 0 aromatic carbocycles. The number of thiophene rings is 1. The van der Waals surface area contributed by atoms with Gasteiger partial charge in [-0.05, 0) is 18.4 Å². The average molecular weight is 388 g/mol. The van der Waals surface area contributed by atoms with Gasteiger partial charge in [0.1, 0.15) is 5.76 Å². The first-order chi connectivity index (χ1) is 9.91. The van der Waals surface area contributed by atoms with Gasteiger partial charge >= 0.3 is 0 Å². The van der Waals surface area contributed by atoms with Gasteiger partial charge in [-0.15, -0.1) is 24.8 Å². The van der Waals surface area contributed by atoms with E-state index in [2.05, 4.69) is 10.3 Å². The summed E-state index contributed by atoms with van der Waals surface area (Å²) in [7, 11) is 0. The Kier molecular flexibility index (Phi) is 8.68. The van der Waals surface area contributed by atoms with Crippen LogP contribution in [0.3, 0.4) is 0 Å². The van der Waals surface area contributed by atoms with Crippen molar-refractivity contribution in [3.63, 3.8) is 0 Å². The number of nitrogens with zero attached hydrogens (tertiary/aromatic N) is 1. The first kappa shape index (κ1) is 21.8. The van der Waals surface area contributed by atoms with Crippen LogP contribution in [0, 0.1) is 6.92 Å². The van der Waals surface area contributed by atoms with E-state index in [4.69, 9.17) is 10.2 Å². The fourth-order valence-electron chi connectivity index (χ4n) is 1.62. The lowest BCUT2D eigenvalue weighted by Crippen LogP contribution is -2.42. The molecule has 0 atom stereocenters. The summed E-state index contributed by atoms with van der Waals surface area (Å²) >= 11 is 1.50. The van der Waals surface area contributed by atoms with Crippen LogP contribution in [0.5, 0.6) is 0 Å². The third-order valence-corrected chi connectivity index (χ3v) is 3.51. The fourth-order valence-corrected chi connectivity index (χ4v) is 2.25. The summed E-state index contributed by atoms with van der Waals surface area (Å²) in [6, 6.07) is 1.85. The van der Waals surface area contributed by atoms with E-state index >= 15 is 0 Å². The Morgan fingerprint density at radius 1 is 1.48 bits per heavy atom. The number of rotatable bonds is 6. The van der Waals surface area contributed by atoms with Gasteiger partial charge in [0.2, 0.25) is 11.8 Å². The number of halogens is 4. The van der Waals surface area contributed by atoms with Crippen molar-refractivity contribution in [3.8, 4) is 11.5 Å². The van der Waals surface area contributed by atoms with Crippen molar-refractivity contribution in [2.24, 2.45) is 5.73 Å². The molecule has 0 radical (unpaired) electrons. The third-order valence-electron chi connectivity index (χ3n) is 2.83. The molecular formula is C13H17Cl2F2N3O2S. The molecule has 0 saturated carbocycles. The van der Waals surface area contributed by atoms with E-state index in [-0.39, 0.29) is 31.2 Å². The molecule has 0 fully saturated rings. The van der Waals surface area contributed by atoms with Crippen molar-refractivity contribution in [1.29, 1.82) is 0 Å².